The second kappa shape index (κ2) is 6.43. The molecule has 1 saturated carbocycles. The van der Waals surface area contributed by atoms with Crippen LogP contribution in [-0.2, 0) is 0 Å². The Balaban J connectivity index is 1.41. The summed E-state index contributed by atoms with van der Waals surface area (Å²) in [6.45, 7) is 4.72. The van der Waals surface area contributed by atoms with Crippen molar-refractivity contribution in [3.8, 4) is 0 Å². The van der Waals surface area contributed by atoms with Gasteiger partial charge >= 0.3 is 0 Å². The van der Waals surface area contributed by atoms with Gasteiger partial charge in [0.1, 0.15) is 0 Å². The third-order valence-electron chi connectivity index (χ3n) is 4.03. The predicted molar refractivity (Wildman–Crippen MR) is 84.3 cm³/mol. The first-order valence-corrected chi connectivity index (χ1v) is 8.40. The average Bonchev–Trinajstić information content (AvgIpc) is 3.14. The van der Waals surface area contributed by atoms with E-state index in [-0.39, 0.29) is 0 Å². The van der Waals surface area contributed by atoms with Crippen LogP contribution in [0, 0.1) is 5.92 Å². The third kappa shape index (κ3) is 3.62. The van der Waals surface area contributed by atoms with Crippen molar-refractivity contribution in [1.82, 2.24) is 9.88 Å². The first kappa shape index (κ1) is 13.7. The Kier molecular flexibility index (Phi) is 4.40. The quantitative estimate of drug-likeness (QED) is 0.511. The Hall–Kier alpha value is -1.30. The summed E-state index contributed by atoms with van der Waals surface area (Å²) in [6, 6.07) is 0. The van der Waals surface area contributed by atoms with Gasteiger partial charge in [0.2, 0.25) is 0 Å². The molecule has 1 aromatic heterocycles. The molecule has 2 N–H and O–H groups in total. The number of thiazole rings is 1. The van der Waals surface area contributed by atoms with E-state index in [1.165, 1.54) is 25.7 Å². The maximum absolute atomic E-state index is 6.09. The molecule has 6 heteroatoms. The van der Waals surface area contributed by atoms with Crippen LogP contribution in [-0.4, -0.2) is 48.6 Å². The number of hydrogen-bond donors (Lipinski definition) is 1. The minimum Gasteiger partial charge on any atom is -0.370 e. The largest absolute Gasteiger partial charge is 0.370 e. The molecule has 0 unspecified atom stereocenters. The van der Waals surface area contributed by atoms with Crippen LogP contribution in [0.15, 0.2) is 16.6 Å². The molecule has 1 aliphatic heterocycles. The maximum Gasteiger partial charge on any atom is 0.191 e. The summed E-state index contributed by atoms with van der Waals surface area (Å²) >= 11 is 1.70. The molecule has 5 nitrogen and oxygen atoms in total. The topological polar surface area (TPSA) is 57.8 Å². The van der Waals surface area contributed by atoms with E-state index in [0.29, 0.717) is 0 Å². The van der Waals surface area contributed by atoms with Crippen molar-refractivity contribution in [3.63, 3.8) is 0 Å². The van der Waals surface area contributed by atoms with Gasteiger partial charge in [0.25, 0.3) is 0 Å². The minimum atomic E-state index is 0.722. The molecule has 2 heterocycles. The van der Waals surface area contributed by atoms with Gasteiger partial charge in [-0.1, -0.05) is 12.8 Å². The molecule has 2 aliphatic rings. The molecule has 1 aromatic rings. The Labute approximate surface area is 124 Å². The van der Waals surface area contributed by atoms with Crippen molar-refractivity contribution in [1.29, 1.82) is 0 Å². The molecule has 0 atom stereocenters. The highest BCUT2D eigenvalue weighted by molar-refractivity contribution is 7.13. The molecule has 0 amide bonds. The van der Waals surface area contributed by atoms with E-state index < -0.39 is 0 Å². The van der Waals surface area contributed by atoms with Crippen molar-refractivity contribution in [2.45, 2.75) is 25.7 Å². The Morgan fingerprint density at radius 2 is 2.15 bits per heavy atom. The van der Waals surface area contributed by atoms with E-state index in [4.69, 9.17) is 5.73 Å². The van der Waals surface area contributed by atoms with Gasteiger partial charge in [-0.2, -0.15) is 0 Å². The number of guanidine groups is 1. The van der Waals surface area contributed by atoms with Gasteiger partial charge < -0.3 is 15.5 Å². The number of piperazine rings is 1. The number of hydrogen-bond acceptors (Lipinski definition) is 4. The lowest BCUT2D eigenvalue weighted by Gasteiger charge is -2.35. The molecule has 0 spiro atoms. The number of nitrogens with two attached hydrogens (primary N) is 1. The monoisotopic (exact) mass is 293 g/mol. The number of aliphatic imine (C=N–C) groups is 1. The lowest BCUT2D eigenvalue weighted by atomic mass is 10.2. The number of nitrogens with zero attached hydrogens (tertiary/aromatic N) is 4. The highest BCUT2D eigenvalue weighted by Gasteiger charge is 2.21. The Bertz CT molecular complexity index is 432. The molecule has 0 aromatic carbocycles. The standard InChI is InChI=1S/C14H23N5S/c15-13(16-5-1-2-12-3-4-12)18-7-9-19(10-8-18)14-17-6-11-20-14/h6,11-12H,1-5,7-10H2,(H2,15,16). The summed E-state index contributed by atoms with van der Waals surface area (Å²) < 4.78 is 0. The third-order valence-corrected chi connectivity index (χ3v) is 4.87. The minimum absolute atomic E-state index is 0.722. The second-order valence-corrected chi connectivity index (χ2v) is 6.49. The lowest BCUT2D eigenvalue weighted by Crippen LogP contribution is -2.51. The molecule has 0 radical (unpaired) electrons. The second-order valence-electron chi connectivity index (χ2n) is 5.61. The predicted octanol–water partition coefficient (Wildman–Crippen LogP) is 1.77. The highest BCUT2D eigenvalue weighted by Crippen LogP contribution is 2.33. The fourth-order valence-electron chi connectivity index (χ4n) is 2.58. The van der Waals surface area contributed by atoms with Gasteiger partial charge in [-0.3, -0.25) is 4.99 Å². The molecule has 1 aliphatic carbocycles. The SMILES string of the molecule is NC(=NCCCC1CC1)N1CCN(c2nccs2)CC1. The highest BCUT2D eigenvalue weighted by atomic mass is 32.1. The van der Waals surface area contributed by atoms with Crippen molar-refractivity contribution in [3.05, 3.63) is 11.6 Å². The first-order chi connectivity index (χ1) is 9.83. The van der Waals surface area contributed by atoms with Gasteiger partial charge in [0, 0.05) is 44.3 Å². The van der Waals surface area contributed by atoms with Crippen LogP contribution >= 0.6 is 11.3 Å². The van der Waals surface area contributed by atoms with E-state index >= 15 is 0 Å². The summed E-state index contributed by atoms with van der Waals surface area (Å²) in [5, 5.41) is 3.14. The Morgan fingerprint density at radius 1 is 1.35 bits per heavy atom. The van der Waals surface area contributed by atoms with E-state index in [2.05, 4.69) is 19.8 Å². The molecule has 110 valence electrons. The van der Waals surface area contributed by atoms with E-state index in [9.17, 15) is 0 Å². The van der Waals surface area contributed by atoms with E-state index in [0.717, 1.165) is 49.7 Å². The molecule has 0 bridgehead atoms. The van der Waals surface area contributed by atoms with Crippen LogP contribution < -0.4 is 10.6 Å². The average molecular weight is 293 g/mol. The zero-order chi connectivity index (χ0) is 13.8. The zero-order valence-electron chi connectivity index (χ0n) is 11.9. The smallest absolute Gasteiger partial charge is 0.191 e. The van der Waals surface area contributed by atoms with Gasteiger partial charge in [-0.15, -0.1) is 11.3 Å². The van der Waals surface area contributed by atoms with Gasteiger partial charge in [-0.05, 0) is 18.8 Å². The summed E-state index contributed by atoms with van der Waals surface area (Å²) in [6.07, 6.45) is 7.23. The van der Waals surface area contributed by atoms with Crippen LogP contribution in [0.25, 0.3) is 0 Å². The normalized spacial score (nSPS) is 20.5. The van der Waals surface area contributed by atoms with Crippen molar-refractivity contribution < 1.29 is 0 Å². The number of rotatable bonds is 5. The van der Waals surface area contributed by atoms with Crippen LogP contribution in [0.3, 0.4) is 0 Å². The molecule has 1 saturated heterocycles. The van der Waals surface area contributed by atoms with Crippen molar-refractivity contribution in [2.24, 2.45) is 16.6 Å². The maximum atomic E-state index is 6.09. The Morgan fingerprint density at radius 3 is 2.80 bits per heavy atom. The molecule has 20 heavy (non-hydrogen) atoms. The molecule has 2 fully saturated rings. The summed E-state index contributed by atoms with van der Waals surface area (Å²) in [5.41, 5.74) is 6.09. The molecule has 3 rings (SSSR count). The van der Waals surface area contributed by atoms with E-state index in [1.807, 2.05) is 11.6 Å². The van der Waals surface area contributed by atoms with E-state index in [1.54, 1.807) is 11.3 Å². The summed E-state index contributed by atoms with van der Waals surface area (Å²) in [7, 11) is 0. The first-order valence-electron chi connectivity index (χ1n) is 7.52. The van der Waals surface area contributed by atoms with Crippen LogP contribution in [0.4, 0.5) is 5.13 Å². The fraction of sp³-hybridized carbons (Fsp3) is 0.714. The number of aromatic nitrogens is 1. The van der Waals surface area contributed by atoms with Crippen LogP contribution in [0.5, 0.6) is 0 Å². The van der Waals surface area contributed by atoms with Crippen molar-refractivity contribution >= 4 is 22.4 Å². The molecular formula is C14H23N5S. The van der Waals surface area contributed by atoms with Gasteiger partial charge in [-0.25, -0.2) is 4.98 Å². The van der Waals surface area contributed by atoms with Gasteiger partial charge in [0.05, 0.1) is 0 Å². The summed E-state index contributed by atoms with van der Waals surface area (Å²) in [4.78, 5) is 13.4. The fourth-order valence-corrected chi connectivity index (χ4v) is 3.28. The number of anilines is 1. The van der Waals surface area contributed by atoms with Crippen LogP contribution in [0.2, 0.25) is 0 Å². The lowest BCUT2D eigenvalue weighted by molar-refractivity contribution is 0.380. The van der Waals surface area contributed by atoms with Gasteiger partial charge in [0.15, 0.2) is 11.1 Å². The van der Waals surface area contributed by atoms with Crippen molar-refractivity contribution in [2.75, 3.05) is 37.6 Å². The molecular weight excluding hydrogens is 270 g/mol. The zero-order valence-corrected chi connectivity index (χ0v) is 12.7. The van der Waals surface area contributed by atoms with Crippen LogP contribution in [0.1, 0.15) is 25.7 Å². The summed E-state index contributed by atoms with van der Waals surface area (Å²) in [5.74, 6) is 1.72.